The van der Waals surface area contributed by atoms with Gasteiger partial charge in [0, 0.05) is 30.6 Å². The largest absolute Gasteiger partial charge is 0.357 e. The molecule has 6 heteroatoms. The minimum atomic E-state index is 0. The van der Waals surface area contributed by atoms with E-state index < -0.39 is 0 Å². The summed E-state index contributed by atoms with van der Waals surface area (Å²) in [6.07, 6.45) is 8.10. The average Bonchev–Trinajstić information content (AvgIpc) is 3.28. The molecule has 2 fully saturated rings. The molecule has 0 spiro atoms. The van der Waals surface area contributed by atoms with Gasteiger partial charge in [-0.15, -0.1) is 35.3 Å². The van der Waals surface area contributed by atoms with Gasteiger partial charge in [-0.2, -0.15) is 0 Å². The SMILES string of the molecule is CCNC(=NCC1CCCN(C)C1c1cccs1)NCCCC1CC1.I. The van der Waals surface area contributed by atoms with Gasteiger partial charge < -0.3 is 10.6 Å². The van der Waals surface area contributed by atoms with Crippen LogP contribution in [0.3, 0.4) is 0 Å². The van der Waals surface area contributed by atoms with Crippen molar-refractivity contribution in [1.29, 1.82) is 0 Å². The molecule has 2 heterocycles. The second-order valence-corrected chi connectivity index (χ2v) is 8.55. The molecule has 1 aromatic rings. The first kappa shape index (κ1) is 22.0. The number of aliphatic imine (C=N–C) groups is 1. The van der Waals surface area contributed by atoms with Crippen molar-refractivity contribution in [3.05, 3.63) is 22.4 Å². The molecule has 26 heavy (non-hydrogen) atoms. The monoisotopic (exact) mass is 490 g/mol. The fraction of sp³-hybridized carbons (Fsp3) is 0.750. The van der Waals surface area contributed by atoms with Gasteiger partial charge >= 0.3 is 0 Å². The van der Waals surface area contributed by atoms with Gasteiger partial charge in [0.25, 0.3) is 0 Å². The quantitative estimate of drug-likeness (QED) is 0.244. The van der Waals surface area contributed by atoms with Crippen molar-refractivity contribution >= 4 is 41.3 Å². The Labute approximate surface area is 180 Å². The predicted octanol–water partition coefficient (Wildman–Crippen LogP) is 4.49. The Hall–Kier alpha value is -0.340. The van der Waals surface area contributed by atoms with Crippen LogP contribution >= 0.6 is 35.3 Å². The summed E-state index contributed by atoms with van der Waals surface area (Å²) < 4.78 is 0. The summed E-state index contributed by atoms with van der Waals surface area (Å²) in [5.41, 5.74) is 0. The second kappa shape index (κ2) is 11.5. The van der Waals surface area contributed by atoms with Crippen LogP contribution < -0.4 is 10.6 Å². The fourth-order valence-corrected chi connectivity index (χ4v) is 4.90. The molecule has 1 saturated heterocycles. The van der Waals surface area contributed by atoms with Crippen LogP contribution in [0.2, 0.25) is 0 Å². The predicted molar refractivity (Wildman–Crippen MR) is 124 cm³/mol. The number of piperidine rings is 1. The van der Waals surface area contributed by atoms with E-state index in [-0.39, 0.29) is 24.0 Å². The zero-order valence-corrected chi connectivity index (χ0v) is 19.4. The number of rotatable bonds is 8. The maximum absolute atomic E-state index is 4.94. The third-order valence-corrected chi connectivity index (χ3v) is 6.39. The standard InChI is InChI=1S/C20H34N4S.HI/c1-3-21-20(22-12-4-7-16-10-11-16)23-15-17-8-5-13-24(2)19(17)18-9-6-14-25-18;/h6,9,14,16-17,19H,3-5,7-8,10-13,15H2,1-2H3,(H2,21,22,23);1H. The van der Waals surface area contributed by atoms with Gasteiger partial charge in [0.15, 0.2) is 5.96 Å². The molecule has 1 saturated carbocycles. The van der Waals surface area contributed by atoms with Crippen LogP contribution in [0.4, 0.5) is 0 Å². The van der Waals surface area contributed by atoms with Crippen molar-refractivity contribution in [1.82, 2.24) is 15.5 Å². The van der Waals surface area contributed by atoms with Crippen molar-refractivity contribution < 1.29 is 0 Å². The Morgan fingerprint density at radius 3 is 2.85 bits per heavy atom. The van der Waals surface area contributed by atoms with E-state index in [0.717, 1.165) is 31.5 Å². The van der Waals surface area contributed by atoms with Gasteiger partial charge in [0.05, 0.1) is 0 Å². The molecule has 2 unspecified atom stereocenters. The fourth-order valence-electron chi connectivity index (χ4n) is 3.91. The van der Waals surface area contributed by atoms with Gasteiger partial charge in [-0.25, -0.2) is 0 Å². The van der Waals surface area contributed by atoms with Gasteiger partial charge in [-0.05, 0) is 69.5 Å². The summed E-state index contributed by atoms with van der Waals surface area (Å²) in [6.45, 7) is 6.21. The lowest BCUT2D eigenvalue weighted by Crippen LogP contribution is -2.40. The van der Waals surface area contributed by atoms with E-state index in [4.69, 9.17) is 4.99 Å². The second-order valence-electron chi connectivity index (χ2n) is 7.58. The molecule has 3 rings (SSSR count). The highest BCUT2D eigenvalue weighted by Gasteiger charge is 2.31. The van der Waals surface area contributed by atoms with Crippen molar-refractivity contribution in [3.8, 4) is 0 Å². The Kier molecular flexibility index (Phi) is 9.70. The molecule has 1 aliphatic carbocycles. The zero-order valence-electron chi connectivity index (χ0n) is 16.2. The normalized spacial score (nSPS) is 24.2. The first-order chi connectivity index (χ1) is 12.3. The zero-order chi connectivity index (χ0) is 17.5. The van der Waals surface area contributed by atoms with E-state index in [0.29, 0.717) is 12.0 Å². The van der Waals surface area contributed by atoms with Crippen LogP contribution in [0.5, 0.6) is 0 Å². The van der Waals surface area contributed by atoms with Crippen molar-refractivity contribution in [2.75, 3.05) is 33.2 Å². The molecular formula is C20H35IN4S. The number of nitrogens with one attached hydrogen (secondary N) is 2. The molecule has 0 aromatic carbocycles. The summed E-state index contributed by atoms with van der Waals surface area (Å²) in [5.74, 6) is 2.63. The Bertz CT molecular complexity index is 530. The van der Waals surface area contributed by atoms with E-state index in [1.54, 1.807) is 0 Å². The van der Waals surface area contributed by atoms with Crippen LogP contribution in [0.25, 0.3) is 0 Å². The highest BCUT2D eigenvalue weighted by atomic mass is 127. The van der Waals surface area contributed by atoms with Crippen molar-refractivity contribution in [2.24, 2.45) is 16.8 Å². The van der Waals surface area contributed by atoms with Crippen molar-refractivity contribution in [2.45, 2.75) is 51.5 Å². The van der Waals surface area contributed by atoms with Gasteiger partial charge in [-0.3, -0.25) is 9.89 Å². The van der Waals surface area contributed by atoms with Gasteiger partial charge in [0.1, 0.15) is 0 Å². The van der Waals surface area contributed by atoms with Gasteiger partial charge in [-0.1, -0.05) is 18.9 Å². The topological polar surface area (TPSA) is 39.7 Å². The Morgan fingerprint density at radius 2 is 2.15 bits per heavy atom. The average molecular weight is 490 g/mol. The number of hydrogen-bond acceptors (Lipinski definition) is 3. The van der Waals surface area contributed by atoms with E-state index in [2.05, 4.69) is 47.0 Å². The molecule has 0 amide bonds. The molecule has 2 aliphatic rings. The highest BCUT2D eigenvalue weighted by Crippen LogP contribution is 2.37. The summed E-state index contributed by atoms with van der Waals surface area (Å²) in [7, 11) is 2.27. The summed E-state index contributed by atoms with van der Waals surface area (Å²) in [5, 5.41) is 9.14. The number of thiophene rings is 1. The smallest absolute Gasteiger partial charge is 0.191 e. The maximum atomic E-state index is 4.94. The van der Waals surface area contributed by atoms with Crippen molar-refractivity contribution in [3.63, 3.8) is 0 Å². The molecule has 148 valence electrons. The van der Waals surface area contributed by atoms with Crippen LogP contribution in [-0.4, -0.2) is 44.1 Å². The molecular weight excluding hydrogens is 455 g/mol. The highest BCUT2D eigenvalue weighted by molar-refractivity contribution is 14.0. The van der Waals surface area contributed by atoms with E-state index in [1.807, 2.05) is 11.3 Å². The lowest BCUT2D eigenvalue weighted by molar-refractivity contribution is 0.128. The number of hydrogen-bond donors (Lipinski definition) is 2. The van der Waals surface area contributed by atoms with Crippen LogP contribution in [0.1, 0.15) is 56.4 Å². The number of likely N-dealkylation sites (tertiary alicyclic amines) is 1. The van der Waals surface area contributed by atoms with E-state index in [9.17, 15) is 0 Å². The molecule has 0 bridgehead atoms. The first-order valence-electron chi connectivity index (χ1n) is 10.0. The van der Waals surface area contributed by atoms with Gasteiger partial charge in [0.2, 0.25) is 0 Å². The Morgan fingerprint density at radius 1 is 1.31 bits per heavy atom. The number of guanidine groups is 1. The summed E-state index contributed by atoms with van der Waals surface area (Å²) >= 11 is 1.89. The molecule has 0 radical (unpaired) electrons. The molecule has 2 N–H and O–H groups in total. The van der Waals surface area contributed by atoms with Crippen LogP contribution in [-0.2, 0) is 0 Å². The lowest BCUT2D eigenvalue weighted by atomic mass is 9.88. The first-order valence-corrected chi connectivity index (χ1v) is 10.9. The minimum absolute atomic E-state index is 0. The van der Waals surface area contributed by atoms with Crippen LogP contribution in [0, 0.1) is 11.8 Å². The van der Waals surface area contributed by atoms with Crippen LogP contribution in [0.15, 0.2) is 22.5 Å². The third-order valence-electron chi connectivity index (χ3n) is 5.45. The summed E-state index contributed by atoms with van der Waals surface area (Å²) in [6, 6.07) is 4.99. The number of halogens is 1. The number of nitrogens with zero attached hydrogens (tertiary/aromatic N) is 2. The third kappa shape index (κ3) is 6.68. The molecule has 2 atom stereocenters. The Balaban J connectivity index is 0.00000243. The maximum Gasteiger partial charge on any atom is 0.191 e. The van der Waals surface area contributed by atoms with E-state index >= 15 is 0 Å². The lowest BCUT2D eigenvalue weighted by Gasteiger charge is -2.38. The summed E-state index contributed by atoms with van der Waals surface area (Å²) in [4.78, 5) is 8.95. The molecule has 1 aromatic heterocycles. The van der Waals surface area contributed by atoms with E-state index in [1.165, 1.54) is 49.9 Å². The molecule has 4 nitrogen and oxygen atoms in total. The minimum Gasteiger partial charge on any atom is -0.357 e. The molecule has 1 aliphatic heterocycles.